The second-order valence-electron chi connectivity index (χ2n) is 9.43. The van der Waals surface area contributed by atoms with Gasteiger partial charge in [-0.1, -0.05) is 38.1 Å². The Morgan fingerprint density at radius 1 is 0.750 bits per heavy atom. The Hall–Kier alpha value is -4.17. The number of anilines is 2. The molecule has 0 aliphatic heterocycles. The molecule has 0 saturated carbocycles. The van der Waals surface area contributed by atoms with Crippen LogP contribution in [0.2, 0.25) is 0 Å². The van der Waals surface area contributed by atoms with Crippen molar-refractivity contribution in [2.45, 2.75) is 40.7 Å². The average molecular weight is 544 g/mol. The molecule has 2 N–H and O–H groups in total. The predicted molar refractivity (Wildman–Crippen MR) is 161 cm³/mol. The molecule has 1 aromatic heterocycles. The Kier molecular flexibility index (Phi) is 9.91. The maximum Gasteiger partial charge on any atom is 0.411 e. The van der Waals surface area contributed by atoms with Gasteiger partial charge in [0, 0.05) is 35.7 Å². The molecule has 0 atom stereocenters. The molecule has 0 radical (unpaired) electrons. The number of amides is 2. The van der Waals surface area contributed by atoms with Gasteiger partial charge in [0.2, 0.25) is 11.2 Å². The number of nitrogens with zero attached hydrogens (tertiary/aromatic N) is 2. The van der Waals surface area contributed by atoms with Crippen LogP contribution in [0.4, 0.5) is 21.0 Å². The second-order valence-corrected chi connectivity index (χ2v) is 9.43. The largest absolute Gasteiger partial charge is 0.450 e. The lowest BCUT2D eigenvalue weighted by molar-refractivity contribution is -0.659. The van der Waals surface area contributed by atoms with Gasteiger partial charge in [0.25, 0.3) is 0 Å². The van der Waals surface area contributed by atoms with E-state index in [-0.39, 0.29) is 0 Å². The number of hydrogen-bond acceptors (Lipinski definition) is 5. The molecule has 3 aromatic carbocycles. The third-order valence-corrected chi connectivity index (χ3v) is 6.96. The van der Waals surface area contributed by atoms with Crippen LogP contribution < -0.4 is 15.2 Å². The van der Waals surface area contributed by atoms with E-state index >= 15 is 0 Å². The van der Waals surface area contributed by atoms with E-state index in [0.717, 1.165) is 65.5 Å². The van der Waals surface area contributed by atoms with Gasteiger partial charge in [-0.05, 0) is 63.3 Å². The number of rotatable bonds is 11. The minimum Gasteiger partial charge on any atom is -0.450 e. The SMILES string of the molecule is CCOC(=O)Nc1ccc2c(c1)c(-c1ccccc1)[n+](CCCN(CC)CC)c1cc(NC(=O)OCC)ccc21. The van der Waals surface area contributed by atoms with Crippen LogP contribution in [-0.4, -0.2) is 49.9 Å². The van der Waals surface area contributed by atoms with Crippen molar-refractivity contribution in [3.8, 4) is 11.3 Å². The number of benzene rings is 3. The van der Waals surface area contributed by atoms with Crippen LogP contribution in [0.15, 0.2) is 66.7 Å². The second kappa shape index (κ2) is 13.8. The number of aromatic nitrogens is 1. The van der Waals surface area contributed by atoms with E-state index < -0.39 is 12.2 Å². The van der Waals surface area contributed by atoms with Crippen molar-refractivity contribution in [3.05, 3.63) is 66.7 Å². The minimum absolute atomic E-state index is 0.300. The molecule has 0 fully saturated rings. The Labute approximate surface area is 235 Å². The first-order valence-electron chi connectivity index (χ1n) is 14.1. The molecular formula is C32H39N4O4+. The molecule has 8 nitrogen and oxygen atoms in total. The molecule has 4 rings (SSSR count). The number of ether oxygens (including phenoxy) is 2. The zero-order valence-corrected chi connectivity index (χ0v) is 23.8. The molecule has 0 saturated heterocycles. The minimum atomic E-state index is -0.481. The van der Waals surface area contributed by atoms with Crippen LogP contribution >= 0.6 is 0 Å². The van der Waals surface area contributed by atoms with Crippen molar-refractivity contribution in [3.63, 3.8) is 0 Å². The fourth-order valence-electron chi connectivity index (χ4n) is 5.08. The Morgan fingerprint density at radius 2 is 1.35 bits per heavy atom. The summed E-state index contributed by atoms with van der Waals surface area (Å²) in [5.74, 6) is 0. The number of fused-ring (bicyclic) bond motifs is 3. The fraction of sp³-hybridized carbons (Fsp3) is 0.344. The van der Waals surface area contributed by atoms with Crippen molar-refractivity contribution in [2.75, 3.05) is 43.5 Å². The molecule has 0 bridgehead atoms. The molecule has 8 heteroatoms. The van der Waals surface area contributed by atoms with Gasteiger partial charge in [-0.15, -0.1) is 0 Å². The van der Waals surface area contributed by atoms with Crippen molar-refractivity contribution >= 4 is 45.2 Å². The van der Waals surface area contributed by atoms with E-state index in [1.54, 1.807) is 13.8 Å². The molecule has 2 amide bonds. The van der Waals surface area contributed by atoms with E-state index in [0.29, 0.717) is 24.6 Å². The predicted octanol–water partition coefficient (Wildman–Crippen LogP) is 6.82. The number of pyridine rings is 1. The summed E-state index contributed by atoms with van der Waals surface area (Å²) in [5, 5.41) is 8.83. The first-order chi connectivity index (χ1) is 19.5. The number of aryl methyl sites for hydroxylation is 1. The third-order valence-electron chi connectivity index (χ3n) is 6.96. The molecule has 1 heterocycles. The molecule has 0 unspecified atom stereocenters. The molecule has 4 aromatic rings. The quantitative estimate of drug-likeness (QED) is 0.160. The van der Waals surface area contributed by atoms with Gasteiger partial charge in [-0.3, -0.25) is 10.6 Å². The number of carbonyl (C=O) groups excluding carboxylic acids is 2. The van der Waals surface area contributed by atoms with Crippen molar-refractivity contribution < 1.29 is 23.6 Å². The molecule has 0 spiro atoms. The third kappa shape index (κ3) is 6.69. The van der Waals surface area contributed by atoms with E-state index in [1.807, 2.05) is 54.6 Å². The summed E-state index contributed by atoms with van der Waals surface area (Å²) in [5.41, 5.74) is 4.45. The van der Waals surface area contributed by atoms with Gasteiger partial charge >= 0.3 is 12.2 Å². The number of carbonyl (C=O) groups is 2. The zero-order valence-electron chi connectivity index (χ0n) is 23.8. The van der Waals surface area contributed by atoms with Crippen LogP contribution in [0.3, 0.4) is 0 Å². The highest BCUT2D eigenvalue weighted by atomic mass is 16.6. The number of hydrogen-bond donors (Lipinski definition) is 2. The van der Waals surface area contributed by atoms with Crippen LogP contribution in [0.25, 0.3) is 32.9 Å². The topological polar surface area (TPSA) is 83.8 Å². The molecule has 210 valence electrons. The van der Waals surface area contributed by atoms with Gasteiger partial charge in [0.1, 0.15) is 0 Å². The molecular weight excluding hydrogens is 504 g/mol. The van der Waals surface area contributed by atoms with Crippen LogP contribution in [0, 0.1) is 0 Å². The summed E-state index contributed by atoms with van der Waals surface area (Å²) >= 11 is 0. The van der Waals surface area contributed by atoms with Gasteiger partial charge in [-0.25, -0.2) is 9.59 Å². The summed E-state index contributed by atoms with van der Waals surface area (Å²) < 4.78 is 12.6. The van der Waals surface area contributed by atoms with Crippen LogP contribution in [0.1, 0.15) is 34.1 Å². The average Bonchev–Trinajstić information content (AvgIpc) is 2.96. The lowest BCUT2D eigenvalue weighted by atomic mass is 9.98. The van der Waals surface area contributed by atoms with Crippen molar-refractivity contribution in [2.24, 2.45) is 0 Å². The zero-order chi connectivity index (χ0) is 28.5. The summed E-state index contributed by atoms with van der Waals surface area (Å²) in [4.78, 5) is 26.9. The maximum atomic E-state index is 12.2. The highest BCUT2D eigenvalue weighted by molar-refractivity contribution is 6.11. The van der Waals surface area contributed by atoms with Gasteiger partial charge < -0.3 is 14.4 Å². The molecule has 0 aliphatic rings. The van der Waals surface area contributed by atoms with E-state index in [2.05, 4.69) is 46.1 Å². The van der Waals surface area contributed by atoms with Crippen molar-refractivity contribution in [1.29, 1.82) is 0 Å². The van der Waals surface area contributed by atoms with Crippen molar-refractivity contribution in [1.82, 2.24) is 4.90 Å². The first-order valence-corrected chi connectivity index (χ1v) is 14.1. The van der Waals surface area contributed by atoms with E-state index in [4.69, 9.17) is 9.47 Å². The van der Waals surface area contributed by atoms with Crippen LogP contribution in [-0.2, 0) is 16.0 Å². The first kappa shape index (κ1) is 28.8. The van der Waals surface area contributed by atoms with Gasteiger partial charge in [-0.2, -0.15) is 4.57 Å². The van der Waals surface area contributed by atoms with E-state index in [1.165, 1.54) is 0 Å². The maximum absolute atomic E-state index is 12.2. The molecule has 40 heavy (non-hydrogen) atoms. The highest BCUT2D eigenvalue weighted by Crippen LogP contribution is 2.34. The van der Waals surface area contributed by atoms with Crippen LogP contribution in [0.5, 0.6) is 0 Å². The summed E-state index contributed by atoms with van der Waals surface area (Å²) in [7, 11) is 0. The lowest BCUT2D eigenvalue weighted by Crippen LogP contribution is -2.39. The number of nitrogens with one attached hydrogen (secondary N) is 2. The monoisotopic (exact) mass is 543 g/mol. The van der Waals surface area contributed by atoms with Gasteiger partial charge in [0.05, 0.1) is 29.7 Å². The Bertz CT molecular complexity index is 1470. The highest BCUT2D eigenvalue weighted by Gasteiger charge is 2.24. The lowest BCUT2D eigenvalue weighted by Gasteiger charge is -2.18. The summed E-state index contributed by atoms with van der Waals surface area (Å²) in [6.45, 7) is 12.3. The normalized spacial score (nSPS) is 11.1. The Balaban J connectivity index is 1.95. The Morgan fingerprint density at radius 3 is 1.95 bits per heavy atom. The van der Waals surface area contributed by atoms with Gasteiger partial charge in [0.15, 0.2) is 6.54 Å². The summed E-state index contributed by atoms with van der Waals surface area (Å²) in [6.07, 6.45) is -0.0114. The summed E-state index contributed by atoms with van der Waals surface area (Å²) in [6, 6.07) is 22.2. The standard InChI is InChI=1S/C32H38N4O4/c1-5-35(6-2)19-12-20-36-29-22-25(34-32(38)40-8-4)16-18-27(29)26-17-15-24(33-31(37)39-7-3)21-28(26)30(36)23-13-10-9-11-14-23/h9-11,13-18,21-22H,5-8,12,19-20H2,1-4H3,(H,33,37)/p+1. The smallest absolute Gasteiger partial charge is 0.411 e. The van der Waals surface area contributed by atoms with E-state index in [9.17, 15) is 9.59 Å². The fourth-order valence-corrected chi connectivity index (χ4v) is 5.08. The molecule has 0 aliphatic carbocycles.